The number of nitrogens with two attached hydrogens (primary N) is 1. The van der Waals surface area contributed by atoms with E-state index in [1.807, 2.05) is 6.07 Å². The fraction of sp³-hybridized carbons (Fsp3) is 0.0526. The third-order valence-corrected chi connectivity index (χ3v) is 4.88. The van der Waals surface area contributed by atoms with Crippen molar-refractivity contribution in [2.45, 2.75) is 0 Å². The van der Waals surface area contributed by atoms with Crippen molar-refractivity contribution in [2.75, 3.05) is 12.8 Å². The number of nitrogens with zero attached hydrogens (tertiary/aromatic N) is 6. The van der Waals surface area contributed by atoms with E-state index in [0.717, 1.165) is 4.68 Å². The standard InChI is InChI=1S/C19H15BrN8O4/c1-31-13-8-10(7-12(20)16(13)29)9-22-24-19(30)15-14(11-5-3-2-4-6-11)23-27-28(15)18-17(21)25-32-26-18/h2-9,29H,1H3,(H2,21,25)(H,24,30)/b22-9-. The number of carbonyl (C=O) groups is 1. The topological polar surface area (TPSA) is 167 Å². The number of carbonyl (C=O) groups excluding carboxylic acids is 1. The van der Waals surface area contributed by atoms with Gasteiger partial charge in [-0.3, -0.25) is 4.79 Å². The average molecular weight is 499 g/mol. The van der Waals surface area contributed by atoms with Crippen molar-refractivity contribution < 1.29 is 19.3 Å². The van der Waals surface area contributed by atoms with Gasteiger partial charge in [-0.05, 0) is 43.9 Å². The summed E-state index contributed by atoms with van der Waals surface area (Å²) in [6, 6.07) is 12.2. The van der Waals surface area contributed by atoms with Gasteiger partial charge in [-0.15, -0.1) is 5.10 Å². The first-order valence-electron chi connectivity index (χ1n) is 8.99. The van der Waals surface area contributed by atoms with Gasteiger partial charge in [-0.25, -0.2) is 10.1 Å². The number of methoxy groups -OCH3 is 1. The van der Waals surface area contributed by atoms with Crippen LogP contribution in [0.25, 0.3) is 17.1 Å². The molecule has 12 nitrogen and oxygen atoms in total. The number of rotatable bonds is 6. The third-order valence-electron chi connectivity index (χ3n) is 4.28. The number of amides is 1. The van der Waals surface area contributed by atoms with Gasteiger partial charge < -0.3 is 15.6 Å². The molecule has 0 unspecified atom stereocenters. The molecule has 162 valence electrons. The van der Waals surface area contributed by atoms with Crippen molar-refractivity contribution >= 4 is 33.9 Å². The zero-order chi connectivity index (χ0) is 22.7. The first-order valence-corrected chi connectivity index (χ1v) is 9.78. The number of phenolic OH excluding ortho intramolecular Hbond substituents is 1. The van der Waals surface area contributed by atoms with E-state index in [9.17, 15) is 9.90 Å². The highest BCUT2D eigenvalue weighted by Crippen LogP contribution is 2.34. The molecule has 0 aliphatic carbocycles. The molecule has 0 aliphatic heterocycles. The lowest BCUT2D eigenvalue weighted by Crippen LogP contribution is -2.22. The minimum atomic E-state index is -0.627. The number of hydrogen-bond acceptors (Lipinski definition) is 10. The van der Waals surface area contributed by atoms with Crippen LogP contribution in [-0.2, 0) is 0 Å². The molecule has 0 radical (unpaired) electrons. The summed E-state index contributed by atoms with van der Waals surface area (Å²) < 4.78 is 11.3. The van der Waals surface area contributed by atoms with Crippen LogP contribution >= 0.6 is 15.9 Å². The third kappa shape index (κ3) is 4.00. The molecule has 4 N–H and O–H groups in total. The molecule has 0 aliphatic rings. The minimum absolute atomic E-state index is 0.0148. The highest BCUT2D eigenvalue weighted by Gasteiger charge is 2.25. The predicted molar refractivity (Wildman–Crippen MR) is 116 cm³/mol. The number of phenols is 1. The number of ether oxygens (including phenoxy) is 1. The summed E-state index contributed by atoms with van der Waals surface area (Å²) in [5.74, 6) is -0.476. The quantitative estimate of drug-likeness (QED) is 0.266. The molecule has 0 saturated carbocycles. The first kappa shape index (κ1) is 21.0. The Balaban J connectivity index is 1.67. The van der Waals surface area contributed by atoms with Crippen LogP contribution in [0.4, 0.5) is 5.82 Å². The van der Waals surface area contributed by atoms with E-state index < -0.39 is 5.91 Å². The molecular formula is C19H15BrN8O4. The number of benzene rings is 2. The summed E-state index contributed by atoms with van der Waals surface area (Å²) in [4.78, 5) is 13.0. The van der Waals surface area contributed by atoms with E-state index in [1.165, 1.54) is 13.3 Å². The Morgan fingerprint density at radius 2 is 2.09 bits per heavy atom. The number of aromatic hydroxyl groups is 1. The second kappa shape index (κ2) is 8.85. The molecule has 13 heteroatoms. The lowest BCUT2D eigenvalue weighted by Gasteiger charge is -2.07. The van der Waals surface area contributed by atoms with Crippen molar-refractivity contribution in [1.29, 1.82) is 0 Å². The molecule has 2 aromatic heterocycles. The summed E-state index contributed by atoms with van der Waals surface area (Å²) in [6.45, 7) is 0. The summed E-state index contributed by atoms with van der Waals surface area (Å²) in [7, 11) is 1.42. The Kier molecular flexibility index (Phi) is 5.81. The van der Waals surface area contributed by atoms with Crippen LogP contribution in [0.5, 0.6) is 11.5 Å². The van der Waals surface area contributed by atoms with Gasteiger partial charge in [0.2, 0.25) is 11.6 Å². The molecule has 0 saturated heterocycles. The molecule has 0 fully saturated rings. The molecule has 0 bridgehead atoms. The van der Waals surface area contributed by atoms with Gasteiger partial charge in [0.25, 0.3) is 5.91 Å². The number of nitrogens with one attached hydrogen (secondary N) is 1. The molecule has 2 heterocycles. The lowest BCUT2D eigenvalue weighted by molar-refractivity contribution is 0.0948. The molecule has 4 rings (SSSR count). The Hall–Kier alpha value is -4.26. The van der Waals surface area contributed by atoms with Crippen LogP contribution in [0.1, 0.15) is 16.1 Å². The summed E-state index contributed by atoms with van der Waals surface area (Å²) in [6.07, 6.45) is 1.38. The van der Waals surface area contributed by atoms with E-state index in [2.05, 4.69) is 51.7 Å². The van der Waals surface area contributed by atoms with Crippen LogP contribution in [0.3, 0.4) is 0 Å². The number of nitrogen functional groups attached to an aromatic ring is 1. The molecule has 4 aromatic rings. The molecular weight excluding hydrogens is 484 g/mol. The number of anilines is 1. The van der Waals surface area contributed by atoms with Gasteiger partial charge in [0.15, 0.2) is 17.2 Å². The highest BCUT2D eigenvalue weighted by atomic mass is 79.9. The van der Waals surface area contributed by atoms with E-state index >= 15 is 0 Å². The van der Waals surface area contributed by atoms with Crippen LogP contribution < -0.4 is 15.9 Å². The second-order valence-electron chi connectivity index (χ2n) is 6.29. The van der Waals surface area contributed by atoms with Gasteiger partial charge in [0.05, 0.1) is 17.8 Å². The smallest absolute Gasteiger partial charge is 0.292 e. The summed E-state index contributed by atoms with van der Waals surface area (Å²) >= 11 is 3.23. The minimum Gasteiger partial charge on any atom is -0.503 e. The van der Waals surface area contributed by atoms with Crippen molar-refractivity contribution in [3.8, 4) is 28.6 Å². The molecule has 0 atom stereocenters. The highest BCUT2D eigenvalue weighted by molar-refractivity contribution is 9.10. The number of halogens is 1. The van der Waals surface area contributed by atoms with Gasteiger partial charge in [0, 0.05) is 5.56 Å². The SMILES string of the molecule is COc1cc(/C=N\NC(=O)c2c(-c3ccccc3)nnn2-c2nonc2N)cc(Br)c1O. The number of hydrazone groups is 1. The monoisotopic (exact) mass is 498 g/mol. The maximum atomic E-state index is 13.0. The Bertz CT molecular complexity index is 1300. The largest absolute Gasteiger partial charge is 0.503 e. The fourth-order valence-corrected chi connectivity index (χ4v) is 3.26. The van der Waals surface area contributed by atoms with E-state index in [4.69, 9.17) is 10.5 Å². The van der Waals surface area contributed by atoms with Crippen molar-refractivity contribution in [3.05, 3.63) is 58.2 Å². The Morgan fingerprint density at radius 3 is 2.78 bits per heavy atom. The van der Waals surface area contributed by atoms with Crippen molar-refractivity contribution in [1.82, 2.24) is 30.7 Å². The summed E-state index contributed by atoms with van der Waals surface area (Å²) in [5, 5.41) is 29.2. The molecule has 2 aromatic carbocycles. The number of aromatic nitrogens is 5. The first-order chi connectivity index (χ1) is 15.5. The Labute approximate surface area is 188 Å². The van der Waals surface area contributed by atoms with E-state index in [1.54, 1.807) is 36.4 Å². The van der Waals surface area contributed by atoms with Crippen LogP contribution in [0.2, 0.25) is 0 Å². The summed E-state index contributed by atoms with van der Waals surface area (Å²) in [5.41, 5.74) is 9.72. The van der Waals surface area contributed by atoms with Crippen molar-refractivity contribution in [2.24, 2.45) is 5.10 Å². The Morgan fingerprint density at radius 1 is 1.31 bits per heavy atom. The predicted octanol–water partition coefficient (Wildman–Crippen LogP) is 2.14. The zero-order valence-electron chi connectivity index (χ0n) is 16.4. The van der Waals surface area contributed by atoms with Crippen molar-refractivity contribution in [3.63, 3.8) is 0 Å². The van der Waals surface area contributed by atoms with Crippen LogP contribution in [-0.4, -0.2) is 49.6 Å². The maximum absolute atomic E-state index is 13.0. The van der Waals surface area contributed by atoms with Crippen LogP contribution in [0.15, 0.2) is 56.7 Å². The van der Waals surface area contributed by atoms with Gasteiger partial charge in [-0.2, -0.15) is 9.78 Å². The second-order valence-corrected chi connectivity index (χ2v) is 7.14. The molecule has 0 spiro atoms. The fourth-order valence-electron chi connectivity index (χ4n) is 2.80. The zero-order valence-corrected chi connectivity index (χ0v) is 18.0. The van der Waals surface area contributed by atoms with Gasteiger partial charge in [-0.1, -0.05) is 35.5 Å². The average Bonchev–Trinajstić information content (AvgIpc) is 3.42. The molecule has 1 amide bonds. The molecule has 32 heavy (non-hydrogen) atoms. The van der Waals surface area contributed by atoms with E-state index in [0.29, 0.717) is 15.6 Å². The van der Waals surface area contributed by atoms with Crippen LogP contribution in [0, 0.1) is 0 Å². The van der Waals surface area contributed by atoms with Gasteiger partial charge >= 0.3 is 0 Å². The lowest BCUT2D eigenvalue weighted by atomic mass is 10.1. The van der Waals surface area contributed by atoms with E-state index in [-0.39, 0.29) is 34.5 Å². The van der Waals surface area contributed by atoms with Gasteiger partial charge in [0.1, 0.15) is 5.69 Å². The normalized spacial score (nSPS) is 11.1. The number of hydrogen-bond donors (Lipinski definition) is 3. The maximum Gasteiger partial charge on any atom is 0.292 e.